The van der Waals surface area contributed by atoms with E-state index in [1.807, 2.05) is 0 Å². The van der Waals surface area contributed by atoms with Gasteiger partial charge in [-0.25, -0.2) is 0 Å². The van der Waals surface area contributed by atoms with Gasteiger partial charge in [-0.1, -0.05) is 38.8 Å². The lowest BCUT2D eigenvalue weighted by molar-refractivity contribution is 0.521. The predicted octanol–water partition coefficient (Wildman–Crippen LogP) is 4.97. The monoisotopic (exact) mass is 359 g/mol. The molecule has 17 heavy (non-hydrogen) atoms. The number of hydrogen-bond donors (Lipinski definition) is 0. The predicted molar refractivity (Wildman–Crippen MR) is 82.0 cm³/mol. The summed E-state index contributed by atoms with van der Waals surface area (Å²) in [7, 11) is 0. The summed E-state index contributed by atoms with van der Waals surface area (Å²) in [5.74, 6) is 0.878. The summed E-state index contributed by atoms with van der Waals surface area (Å²) in [5.41, 5.74) is 2.79. The number of anilines is 1. The Hall–Kier alpha value is -0.0200. The quantitative estimate of drug-likeness (QED) is 0.673. The lowest BCUT2D eigenvalue weighted by Crippen LogP contribution is -2.25. The van der Waals surface area contributed by atoms with E-state index in [9.17, 15) is 0 Å². The van der Waals surface area contributed by atoms with Gasteiger partial charge >= 0.3 is 0 Å². The smallest absolute Gasteiger partial charge is 0.0408 e. The van der Waals surface area contributed by atoms with Crippen LogP contribution in [0.15, 0.2) is 22.7 Å². The van der Waals surface area contributed by atoms with Gasteiger partial charge in [-0.05, 0) is 48.9 Å². The summed E-state index contributed by atoms with van der Waals surface area (Å²) in [6, 6.07) is 6.62. The van der Waals surface area contributed by atoms with Crippen LogP contribution in [-0.2, 0) is 5.33 Å². The molecule has 0 saturated carbocycles. The van der Waals surface area contributed by atoms with Crippen molar-refractivity contribution in [2.24, 2.45) is 5.92 Å². The number of benzene rings is 1. The highest BCUT2D eigenvalue weighted by Crippen LogP contribution is 2.29. The third-order valence-corrected chi connectivity index (χ3v) is 4.64. The van der Waals surface area contributed by atoms with Crippen LogP contribution in [0.4, 0.5) is 5.69 Å². The normalized spacial score (nSPS) is 21.4. The maximum Gasteiger partial charge on any atom is 0.0408 e. The van der Waals surface area contributed by atoms with Crippen molar-refractivity contribution in [2.75, 3.05) is 18.0 Å². The summed E-state index contributed by atoms with van der Waals surface area (Å²) in [5, 5.41) is 0.924. The molecule has 0 bridgehead atoms. The van der Waals surface area contributed by atoms with Crippen LogP contribution in [0.25, 0.3) is 0 Å². The van der Waals surface area contributed by atoms with Gasteiger partial charge in [0.2, 0.25) is 0 Å². The maximum absolute atomic E-state index is 3.59. The Morgan fingerprint density at radius 1 is 1.29 bits per heavy atom. The van der Waals surface area contributed by atoms with Crippen LogP contribution in [0.1, 0.15) is 31.7 Å². The van der Waals surface area contributed by atoms with E-state index < -0.39 is 0 Å². The summed E-state index contributed by atoms with van der Waals surface area (Å²) in [6.45, 7) is 4.77. The molecule has 94 valence electrons. The van der Waals surface area contributed by atoms with E-state index in [2.05, 4.69) is 61.9 Å². The summed E-state index contributed by atoms with van der Waals surface area (Å²) in [4.78, 5) is 2.55. The van der Waals surface area contributed by atoms with Crippen molar-refractivity contribution in [2.45, 2.75) is 31.5 Å². The van der Waals surface area contributed by atoms with Crippen LogP contribution in [0.5, 0.6) is 0 Å². The van der Waals surface area contributed by atoms with Crippen LogP contribution < -0.4 is 4.90 Å². The third-order valence-electron chi connectivity index (χ3n) is 3.54. The molecule has 1 fully saturated rings. The van der Waals surface area contributed by atoms with Crippen molar-refractivity contribution in [3.05, 3.63) is 28.2 Å². The molecule has 1 atom stereocenters. The number of nitrogens with zero attached hydrogens (tertiary/aromatic N) is 1. The van der Waals surface area contributed by atoms with Crippen LogP contribution in [0.3, 0.4) is 0 Å². The Kier molecular flexibility index (Phi) is 4.92. The van der Waals surface area contributed by atoms with E-state index >= 15 is 0 Å². The van der Waals surface area contributed by atoms with Gasteiger partial charge in [0.15, 0.2) is 0 Å². The zero-order chi connectivity index (χ0) is 12.3. The molecule has 1 aliphatic rings. The minimum atomic E-state index is 0.878. The fraction of sp³-hybridized carbons (Fsp3) is 0.571. The summed E-state index contributed by atoms with van der Waals surface area (Å²) >= 11 is 7.14. The van der Waals surface area contributed by atoms with Crippen LogP contribution in [0, 0.1) is 5.92 Å². The molecule has 1 aromatic carbocycles. The highest BCUT2D eigenvalue weighted by atomic mass is 79.9. The first-order chi connectivity index (χ1) is 8.20. The molecule has 0 radical (unpaired) electrons. The zero-order valence-electron chi connectivity index (χ0n) is 10.3. The largest absolute Gasteiger partial charge is 0.371 e. The fourth-order valence-electron chi connectivity index (χ4n) is 2.47. The third kappa shape index (κ3) is 3.47. The van der Waals surface area contributed by atoms with Gasteiger partial charge in [0.1, 0.15) is 0 Å². The Balaban J connectivity index is 2.20. The van der Waals surface area contributed by atoms with Crippen LogP contribution in [0.2, 0.25) is 0 Å². The van der Waals surface area contributed by atoms with Crippen molar-refractivity contribution in [3.63, 3.8) is 0 Å². The molecule has 1 aliphatic heterocycles. The average Bonchev–Trinajstić information content (AvgIpc) is 2.54. The van der Waals surface area contributed by atoms with E-state index in [1.165, 1.54) is 48.1 Å². The van der Waals surface area contributed by atoms with E-state index in [1.54, 1.807) is 0 Å². The molecule has 1 heterocycles. The van der Waals surface area contributed by atoms with E-state index in [0.29, 0.717) is 0 Å². The van der Waals surface area contributed by atoms with E-state index in [0.717, 1.165) is 11.2 Å². The van der Waals surface area contributed by atoms with Gasteiger partial charge in [0.25, 0.3) is 0 Å². The number of hydrogen-bond acceptors (Lipinski definition) is 1. The lowest BCUT2D eigenvalue weighted by Gasteiger charge is -2.25. The number of alkyl halides is 1. The second-order valence-electron chi connectivity index (χ2n) is 4.93. The lowest BCUT2D eigenvalue weighted by atomic mass is 10.0. The molecule has 1 nitrogen and oxygen atoms in total. The molecule has 0 amide bonds. The average molecular weight is 361 g/mol. The first-order valence-corrected chi connectivity index (χ1v) is 8.21. The van der Waals surface area contributed by atoms with E-state index in [4.69, 9.17) is 0 Å². The van der Waals surface area contributed by atoms with Gasteiger partial charge in [-0.3, -0.25) is 0 Å². The van der Waals surface area contributed by atoms with E-state index in [-0.39, 0.29) is 0 Å². The van der Waals surface area contributed by atoms with Crippen molar-refractivity contribution in [1.82, 2.24) is 0 Å². The minimum absolute atomic E-state index is 0.878. The maximum atomic E-state index is 3.59. The van der Waals surface area contributed by atoms with Gasteiger partial charge in [0.05, 0.1) is 0 Å². The van der Waals surface area contributed by atoms with Crippen molar-refractivity contribution < 1.29 is 0 Å². The number of halogens is 2. The minimum Gasteiger partial charge on any atom is -0.371 e. The van der Waals surface area contributed by atoms with Crippen molar-refractivity contribution in [3.8, 4) is 0 Å². The van der Waals surface area contributed by atoms with Gasteiger partial charge in [-0.2, -0.15) is 0 Å². The van der Waals surface area contributed by atoms with Gasteiger partial charge < -0.3 is 4.90 Å². The number of rotatable bonds is 2. The van der Waals surface area contributed by atoms with Crippen molar-refractivity contribution >= 4 is 37.5 Å². The SMILES string of the molecule is CC1CCCN(c2ccc(Br)cc2CBr)CC1. The molecule has 0 N–H and O–H groups in total. The topological polar surface area (TPSA) is 3.24 Å². The zero-order valence-corrected chi connectivity index (χ0v) is 13.4. The molecule has 0 aromatic heterocycles. The molecule has 3 heteroatoms. The Morgan fingerprint density at radius 2 is 2.12 bits per heavy atom. The molecule has 0 aliphatic carbocycles. The molecule has 1 unspecified atom stereocenters. The first kappa shape index (κ1) is 13.4. The molecule has 0 spiro atoms. The second kappa shape index (κ2) is 6.24. The van der Waals surface area contributed by atoms with Crippen molar-refractivity contribution in [1.29, 1.82) is 0 Å². The van der Waals surface area contributed by atoms with Crippen LogP contribution >= 0.6 is 31.9 Å². The Labute approximate surface area is 121 Å². The van der Waals surface area contributed by atoms with Gasteiger partial charge in [-0.15, -0.1) is 0 Å². The Morgan fingerprint density at radius 3 is 2.88 bits per heavy atom. The molecular weight excluding hydrogens is 342 g/mol. The molecule has 1 saturated heterocycles. The molecular formula is C14H19Br2N. The first-order valence-electron chi connectivity index (χ1n) is 6.30. The molecule has 2 rings (SSSR count). The highest BCUT2D eigenvalue weighted by Gasteiger charge is 2.16. The summed E-state index contributed by atoms with van der Waals surface area (Å²) < 4.78 is 1.17. The highest BCUT2D eigenvalue weighted by molar-refractivity contribution is 9.10. The van der Waals surface area contributed by atoms with Crippen LogP contribution in [-0.4, -0.2) is 13.1 Å². The molecule has 1 aromatic rings. The fourth-order valence-corrected chi connectivity index (χ4v) is 3.33. The Bertz CT molecular complexity index is 378. The standard InChI is InChI=1S/C14H19Br2N/c1-11-3-2-7-17(8-6-11)14-5-4-13(16)9-12(14)10-15/h4-5,9,11H,2-3,6-8,10H2,1H3. The second-order valence-corrected chi connectivity index (χ2v) is 6.41. The van der Waals surface area contributed by atoms with Gasteiger partial charge in [0, 0.05) is 28.6 Å². The summed E-state index contributed by atoms with van der Waals surface area (Å²) in [6.07, 6.45) is 4.01.